The zero-order valence-corrected chi connectivity index (χ0v) is 13.4. The lowest BCUT2D eigenvalue weighted by atomic mass is 9.88. The molecule has 112 valence electrons. The molecule has 1 heterocycles. The van der Waals surface area contributed by atoms with Crippen molar-refractivity contribution in [3.63, 3.8) is 0 Å². The third kappa shape index (κ3) is 3.59. The summed E-state index contributed by atoms with van der Waals surface area (Å²) in [6.07, 6.45) is 1.36. The van der Waals surface area contributed by atoms with Crippen LogP contribution in [-0.4, -0.2) is 42.9 Å². The van der Waals surface area contributed by atoms with Crippen molar-refractivity contribution in [2.24, 2.45) is 5.92 Å². The van der Waals surface area contributed by atoms with E-state index in [1.807, 2.05) is 12.1 Å². The number of hydrogen-bond acceptors (Lipinski definition) is 3. The smallest absolute Gasteiger partial charge is 0.156 e. The molecule has 2 rings (SSSR count). The van der Waals surface area contributed by atoms with E-state index < -0.39 is 0 Å². The fourth-order valence-corrected chi connectivity index (χ4v) is 3.50. The second-order valence-electron chi connectivity index (χ2n) is 5.31. The number of nitrogens with zero attached hydrogens (tertiary/aromatic N) is 1. The molecule has 0 amide bonds. The van der Waals surface area contributed by atoms with Gasteiger partial charge in [0.25, 0.3) is 0 Å². The van der Waals surface area contributed by atoms with Gasteiger partial charge in [-0.05, 0) is 37.1 Å². The third-order valence-corrected chi connectivity index (χ3v) is 4.55. The van der Waals surface area contributed by atoms with E-state index >= 15 is 0 Å². The van der Waals surface area contributed by atoms with E-state index in [9.17, 15) is 5.11 Å². The van der Waals surface area contributed by atoms with Crippen LogP contribution in [0.2, 0.25) is 10.0 Å². The van der Waals surface area contributed by atoms with Crippen LogP contribution < -0.4 is 4.74 Å². The van der Waals surface area contributed by atoms with Crippen molar-refractivity contribution in [1.29, 1.82) is 0 Å². The van der Waals surface area contributed by atoms with Crippen LogP contribution in [0.25, 0.3) is 0 Å². The number of aliphatic hydroxyl groups is 1. The molecule has 1 aliphatic heterocycles. The van der Waals surface area contributed by atoms with Crippen molar-refractivity contribution in [3.05, 3.63) is 27.7 Å². The number of piperidine rings is 1. The molecule has 1 N–H and O–H groups in total. The Bertz CT molecular complexity index is 444. The van der Waals surface area contributed by atoms with E-state index in [0.717, 1.165) is 38.0 Å². The normalized spacial score (nSPS) is 23.9. The van der Waals surface area contributed by atoms with Gasteiger partial charge in [-0.15, -0.1) is 0 Å². The average Bonchev–Trinajstić information content (AvgIpc) is 2.41. The van der Waals surface area contributed by atoms with Gasteiger partial charge in [0, 0.05) is 19.0 Å². The van der Waals surface area contributed by atoms with E-state index in [2.05, 4.69) is 11.8 Å². The molecule has 0 spiro atoms. The summed E-state index contributed by atoms with van der Waals surface area (Å²) < 4.78 is 5.15. The topological polar surface area (TPSA) is 32.7 Å². The Balaban J connectivity index is 2.12. The summed E-state index contributed by atoms with van der Waals surface area (Å²) in [6.45, 7) is 5.06. The van der Waals surface area contributed by atoms with Crippen molar-refractivity contribution < 1.29 is 9.84 Å². The lowest BCUT2D eigenvalue weighted by Crippen LogP contribution is -2.43. The van der Waals surface area contributed by atoms with Gasteiger partial charge < -0.3 is 14.7 Å². The predicted octanol–water partition coefficient (Wildman–Crippen LogP) is 3.25. The summed E-state index contributed by atoms with van der Waals surface area (Å²) >= 11 is 12.3. The molecule has 2 unspecified atom stereocenters. The monoisotopic (exact) mass is 317 g/mol. The SMILES string of the molecule is CCN1CCC(O)C(Cc2cc(Cl)c(OC)c(Cl)c2)C1. The first-order chi connectivity index (χ1) is 9.55. The standard InChI is InChI=1S/C15H21Cl2NO2/c1-3-18-5-4-14(19)11(9-18)6-10-7-12(16)15(20-2)13(17)8-10/h7-8,11,14,19H,3-6,9H2,1-2H3. The largest absolute Gasteiger partial charge is 0.494 e. The van der Waals surface area contributed by atoms with Gasteiger partial charge in [-0.1, -0.05) is 30.1 Å². The van der Waals surface area contributed by atoms with Gasteiger partial charge in [0.1, 0.15) is 0 Å². The molecule has 1 aromatic rings. The van der Waals surface area contributed by atoms with Gasteiger partial charge >= 0.3 is 0 Å². The first kappa shape index (κ1) is 15.9. The molecular formula is C15H21Cl2NO2. The molecule has 0 aliphatic carbocycles. The average molecular weight is 318 g/mol. The lowest BCUT2D eigenvalue weighted by Gasteiger charge is -2.35. The van der Waals surface area contributed by atoms with Crippen molar-refractivity contribution in [1.82, 2.24) is 4.90 Å². The Labute approximate surface area is 130 Å². The van der Waals surface area contributed by atoms with Gasteiger partial charge in [-0.3, -0.25) is 0 Å². The number of hydrogen-bond donors (Lipinski definition) is 1. The molecule has 3 nitrogen and oxygen atoms in total. The maximum Gasteiger partial charge on any atom is 0.156 e. The number of likely N-dealkylation sites (tertiary alicyclic amines) is 1. The third-order valence-electron chi connectivity index (χ3n) is 3.99. The molecule has 20 heavy (non-hydrogen) atoms. The van der Waals surface area contributed by atoms with E-state index in [4.69, 9.17) is 27.9 Å². The van der Waals surface area contributed by atoms with Crippen molar-refractivity contribution in [3.8, 4) is 5.75 Å². The first-order valence-corrected chi connectivity index (χ1v) is 7.73. The van der Waals surface area contributed by atoms with E-state index in [1.54, 1.807) is 7.11 Å². The number of halogens is 2. The number of methoxy groups -OCH3 is 1. The van der Waals surface area contributed by atoms with Crippen LogP contribution in [0.15, 0.2) is 12.1 Å². The summed E-state index contributed by atoms with van der Waals surface area (Å²) in [6, 6.07) is 3.76. The van der Waals surface area contributed by atoms with E-state index in [-0.39, 0.29) is 12.0 Å². The van der Waals surface area contributed by atoms with Gasteiger partial charge in [0.05, 0.1) is 23.3 Å². The van der Waals surface area contributed by atoms with E-state index in [1.165, 1.54) is 0 Å². The number of rotatable bonds is 4. The highest BCUT2D eigenvalue weighted by molar-refractivity contribution is 6.37. The lowest BCUT2D eigenvalue weighted by molar-refractivity contribution is 0.0290. The minimum absolute atomic E-state index is 0.226. The second kappa shape index (κ2) is 6.99. The highest BCUT2D eigenvalue weighted by Gasteiger charge is 2.27. The Morgan fingerprint density at radius 1 is 1.35 bits per heavy atom. The van der Waals surface area contributed by atoms with Gasteiger partial charge in [0.2, 0.25) is 0 Å². The molecule has 0 aromatic heterocycles. The molecule has 0 bridgehead atoms. The van der Waals surface area contributed by atoms with Crippen LogP contribution in [0, 0.1) is 5.92 Å². The maximum atomic E-state index is 10.2. The van der Waals surface area contributed by atoms with Crippen LogP contribution in [-0.2, 0) is 6.42 Å². The van der Waals surface area contributed by atoms with Gasteiger partial charge in [-0.25, -0.2) is 0 Å². The zero-order valence-electron chi connectivity index (χ0n) is 11.9. The molecular weight excluding hydrogens is 297 g/mol. The van der Waals surface area contributed by atoms with E-state index in [0.29, 0.717) is 15.8 Å². The second-order valence-corrected chi connectivity index (χ2v) is 6.12. The fourth-order valence-electron chi connectivity index (χ4n) is 2.81. The van der Waals surface area contributed by atoms with Gasteiger partial charge in [0.15, 0.2) is 5.75 Å². The van der Waals surface area contributed by atoms with Crippen molar-refractivity contribution >= 4 is 23.2 Å². The summed E-state index contributed by atoms with van der Waals surface area (Å²) in [4.78, 5) is 2.37. The minimum atomic E-state index is -0.252. The molecule has 5 heteroatoms. The molecule has 1 aliphatic rings. The number of aliphatic hydroxyl groups excluding tert-OH is 1. The molecule has 1 fully saturated rings. The summed E-state index contributed by atoms with van der Waals surface area (Å²) in [5, 5.41) is 11.2. The summed E-state index contributed by atoms with van der Waals surface area (Å²) in [5.41, 5.74) is 1.04. The van der Waals surface area contributed by atoms with Crippen LogP contribution in [0.4, 0.5) is 0 Å². The molecule has 2 atom stereocenters. The quantitative estimate of drug-likeness (QED) is 0.925. The predicted molar refractivity (Wildman–Crippen MR) is 82.9 cm³/mol. The maximum absolute atomic E-state index is 10.2. The highest BCUT2D eigenvalue weighted by atomic mass is 35.5. The van der Waals surface area contributed by atoms with Crippen molar-refractivity contribution in [2.75, 3.05) is 26.7 Å². The van der Waals surface area contributed by atoms with Gasteiger partial charge in [-0.2, -0.15) is 0 Å². The van der Waals surface area contributed by atoms with Crippen LogP contribution in [0.3, 0.4) is 0 Å². The summed E-state index contributed by atoms with van der Waals surface area (Å²) in [5.74, 6) is 0.737. The number of ether oxygens (including phenoxy) is 1. The van der Waals surface area contributed by atoms with Crippen LogP contribution in [0.1, 0.15) is 18.9 Å². The molecule has 0 saturated carbocycles. The Morgan fingerprint density at radius 3 is 2.55 bits per heavy atom. The molecule has 0 radical (unpaired) electrons. The van der Waals surface area contributed by atoms with Crippen LogP contribution in [0.5, 0.6) is 5.75 Å². The van der Waals surface area contributed by atoms with Crippen molar-refractivity contribution in [2.45, 2.75) is 25.9 Å². The Morgan fingerprint density at radius 2 is 2.00 bits per heavy atom. The minimum Gasteiger partial charge on any atom is -0.494 e. The van der Waals surface area contributed by atoms with Crippen LogP contribution >= 0.6 is 23.2 Å². The zero-order chi connectivity index (χ0) is 14.7. The highest BCUT2D eigenvalue weighted by Crippen LogP contribution is 2.35. The molecule has 1 aromatic carbocycles. The molecule has 1 saturated heterocycles. The first-order valence-electron chi connectivity index (χ1n) is 6.97. The fraction of sp³-hybridized carbons (Fsp3) is 0.600. The summed E-state index contributed by atoms with van der Waals surface area (Å²) in [7, 11) is 1.55. The Hall–Kier alpha value is -0.480. The Kier molecular flexibility index (Phi) is 5.56. The number of benzene rings is 1.